The largest absolute Gasteiger partial charge is 0.329 e. The van der Waals surface area contributed by atoms with Crippen LogP contribution in [0.15, 0.2) is 18.2 Å². The third-order valence-corrected chi connectivity index (χ3v) is 3.99. The lowest BCUT2D eigenvalue weighted by Crippen LogP contribution is -2.40. The van der Waals surface area contributed by atoms with Crippen molar-refractivity contribution in [3.8, 4) is 0 Å². The lowest BCUT2D eigenvalue weighted by Gasteiger charge is -2.34. The molecule has 21 heavy (non-hydrogen) atoms. The lowest BCUT2D eigenvalue weighted by molar-refractivity contribution is 0.164. The van der Waals surface area contributed by atoms with Gasteiger partial charge in [-0.25, -0.2) is 0 Å². The molecule has 0 saturated carbocycles. The minimum Gasteiger partial charge on any atom is -0.329 e. The molecule has 3 nitrogen and oxygen atoms in total. The Hall–Kier alpha value is -0.320. The number of nitrogens with zero attached hydrogens (tertiary/aromatic N) is 2. The second-order valence-corrected chi connectivity index (χ2v) is 6.95. The van der Waals surface area contributed by atoms with Gasteiger partial charge in [0.25, 0.3) is 0 Å². The van der Waals surface area contributed by atoms with Crippen LogP contribution in [-0.2, 0) is 0 Å². The van der Waals surface area contributed by atoms with Crippen molar-refractivity contribution in [2.24, 2.45) is 11.7 Å². The van der Waals surface area contributed by atoms with E-state index in [9.17, 15) is 0 Å². The van der Waals surface area contributed by atoms with Gasteiger partial charge in [0.15, 0.2) is 0 Å². The Balaban J connectivity index is 3.01. The molecule has 120 valence electrons. The van der Waals surface area contributed by atoms with Crippen LogP contribution in [0.5, 0.6) is 0 Å². The summed E-state index contributed by atoms with van der Waals surface area (Å²) in [7, 11) is 4.16. The topological polar surface area (TPSA) is 32.5 Å². The number of rotatable bonds is 8. The highest BCUT2D eigenvalue weighted by atomic mass is 35.5. The Bertz CT molecular complexity index is 436. The van der Waals surface area contributed by atoms with Crippen molar-refractivity contribution >= 4 is 23.2 Å². The second-order valence-electron chi connectivity index (χ2n) is 6.11. The minimum absolute atomic E-state index is 0.0959. The molecule has 2 N–H and O–H groups in total. The van der Waals surface area contributed by atoms with Gasteiger partial charge in [0, 0.05) is 42.3 Å². The van der Waals surface area contributed by atoms with E-state index in [2.05, 4.69) is 37.7 Å². The van der Waals surface area contributed by atoms with E-state index in [-0.39, 0.29) is 6.04 Å². The highest BCUT2D eigenvalue weighted by Gasteiger charge is 2.22. The maximum atomic E-state index is 6.36. The standard InChI is InChI=1S/C16H27Cl2N3/c1-12(2)11-21(8-7-20(3)4)16(10-19)14-9-13(17)5-6-15(14)18/h5-6,9,12,16H,7-8,10-11,19H2,1-4H3. The summed E-state index contributed by atoms with van der Waals surface area (Å²) in [4.78, 5) is 4.59. The van der Waals surface area contributed by atoms with Crippen molar-refractivity contribution in [2.45, 2.75) is 19.9 Å². The number of likely N-dealkylation sites (N-methyl/N-ethyl adjacent to an activating group) is 1. The first-order chi connectivity index (χ1) is 9.85. The Morgan fingerprint density at radius 3 is 2.33 bits per heavy atom. The molecule has 0 fully saturated rings. The van der Waals surface area contributed by atoms with E-state index in [1.54, 1.807) is 0 Å². The van der Waals surface area contributed by atoms with E-state index in [1.807, 2.05) is 18.2 Å². The maximum Gasteiger partial charge on any atom is 0.0486 e. The smallest absolute Gasteiger partial charge is 0.0486 e. The zero-order valence-electron chi connectivity index (χ0n) is 13.4. The van der Waals surface area contributed by atoms with Gasteiger partial charge in [-0.3, -0.25) is 4.90 Å². The fraction of sp³-hybridized carbons (Fsp3) is 0.625. The predicted molar refractivity (Wildman–Crippen MR) is 93.2 cm³/mol. The van der Waals surface area contributed by atoms with Crippen molar-refractivity contribution in [2.75, 3.05) is 40.3 Å². The van der Waals surface area contributed by atoms with Crippen LogP contribution in [0, 0.1) is 5.92 Å². The van der Waals surface area contributed by atoms with E-state index in [0.29, 0.717) is 17.5 Å². The van der Waals surface area contributed by atoms with E-state index in [4.69, 9.17) is 28.9 Å². The van der Waals surface area contributed by atoms with Gasteiger partial charge in [-0.15, -0.1) is 0 Å². The summed E-state index contributed by atoms with van der Waals surface area (Å²) in [6.07, 6.45) is 0. The molecule has 0 bridgehead atoms. The molecule has 1 aromatic carbocycles. The molecule has 0 spiro atoms. The normalized spacial score (nSPS) is 13.4. The average molecular weight is 332 g/mol. The second kappa shape index (κ2) is 8.96. The first-order valence-electron chi connectivity index (χ1n) is 7.39. The lowest BCUT2D eigenvalue weighted by atomic mass is 10.0. The molecule has 0 heterocycles. The van der Waals surface area contributed by atoms with Gasteiger partial charge in [-0.1, -0.05) is 37.0 Å². The SMILES string of the molecule is CC(C)CN(CCN(C)C)C(CN)c1cc(Cl)ccc1Cl. The van der Waals surface area contributed by atoms with Crippen molar-refractivity contribution < 1.29 is 0 Å². The van der Waals surface area contributed by atoms with Gasteiger partial charge in [0.2, 0.25) is 0 Å². The molecule has 0 radical (unpaired) electrons. The maximum absolute atomic E-state index is 6.36. The van der Waals surface area contributed by atoms with Crippen LogP contribution >= 0.6 is 23.2 Å². The monoisotopic (exact) mass is 331 g/mol. The third-order valence-electron chi connectivity index (χ3n) is 3.42. The summed E-state index contributed by atoms with van der Waals surface area (Å²) in [6.45, 7) is 7.89. The molecule has 0 saturated heterocycles. The van der Waals surface area contributed by atoms with E-state index in [0.717, 1.165) is 30.2 Å². The molecule has 1 atom stereocenters. The number of hydrogen-bond acceptors (Lipinski definition) is 3. The number of halogens is 2. The molecular weight excluding hydrogens is 305 g/mol. The zero-order chi connectivity index (χ0) is 16.0. The molecule has 1 aromatic rings. The summed E-state index contributed by atoms with van der Waals surface area (Å²) in [5, 5.41) is 1.43. The van der Waals surface area contributed by atoms with E-state index < -0.39 is 0 Å². The van der Waals surface area contributed by atoms with Crippen LogP contribution < -0.4 is 5.73 Å². The van der Waals surface area contributed by atoms with Gasteiger partial charge >= 0.3 is 0 Å². The quantitative estimate of drug-likeness (QED) is 0.791. The molecular formula is C16H27Cl2N3. The molecule has 0 aliphatic carbocycles. The highest BCUT2D eigenvalue weighted by Crippen LogP contribution is 2.30. The molecule has 1 rings (SSSR count). The summed E-state index contributed by atoms with van der Waals surface area (Å²) in [6, 6.07) is 5.69. The Kier molecular flexibility index (Phi) is 7.99. The van der Waals surface area contributed by atoms with Crippen molar-refractivity contribution in [3.63, 3.8) is 0 Å². The molecule has 0 aliphatic rings. The van der Waals surface area contributed by atoms with Gasteiger partial charge in [0.1, 0.15) is 0 Å². The fourth-order valence-electron chi connectivity index (χ4n) is 2.41. The van der Waals surface area contributed by atoms with Gasteiger partial charge < -0.3 is 10.6 Å². The molecule has 0 amide bonds. The summed E-state index contributed by atoms with van der Waals surface area (Å²) < 4.78 is 0. The van der Waals surface area contributed by atoms with Crippen LogP contribution in [0.4, 0.5) is 0 Å². The Morgan fingerprint density at radius 1 is 1.14 bits per heavy atom. The minimum atomic E-state index is 0.0959. The van der Waals surface area contributed by atoms with Crippen LogP contribution in [0.3, 0.4) is 0 Å². The van der Waals surface area contributed by atoms with Gasteiger partial charge in [-0.2, -0.15) is 0 Å². The van der Waals surface area contributed by atoms with Crippen LogP contribution in [0.1, 0.15) is 25.5 Å². The first kappa shape index (κ1) is 18.7. The van der Waals surface area contributed by atoms with E-state index in [1.165, 1.54) is 0 Å². The molecule has 0 aromatic heterocycles. The van der Waals surface area contributed by atoms with Crippen molar-refractivity contribution in [1.29, 1.82) is 0 Å². The van der Waals surface area contributed by atoms with Crippen molar-refractivity contribution in [3.05, 3.63) is 33.8 Å². The molecule has 5 heteroatoms. The molecule has 0 aliphatic heterocycles. The predicted octanol–water partition coefficient (Wildman–Crippen LogP) is 3.51. The van der Waals surface area contributed by atoms with Crippen LogP contribution in [0.25, 0.3) is 0 Å². The summed E-state index contributed by atoms with van der Waals surface area (Å²) in [5.41, 5.74) is 7.07. The van der Waals surface area contributed by atoms with Gasteiger partial charge in [-0.05, 0) is 43.8 Å². The Morgan fingerprint density at radius 2 is 1.81 bits per heavy atom. The first-order valence-corrected chi connectivity index (χ1v) is 8.14. The van der Waals surface area contributed by atoms with Crippen LogP contribution in [0.2, 0.25) is 10.0 Å². The number of benzene rings is 1. The Labute approximate surface area is 139 Å². The van der Waals surface area contributed by atoms with Crippen LogP contribution in [-0.4, -0.2) is 50.1 Å². The molecule has 1 unspecified atom stereocenters. The zero-order valence-corrected chi connectivity index (χ0v) is 15.0. The van der Waals surface area contributed by atoms with Gasteiger partial charge in [0.05, 0.1) is 0 Å². The van der Waals surface area contributed by atoms with Crippen molar-refractivity contribution in [1.82, 2.24) is 9.80 Å². The number of hydrogen-bond donors (Lipinski definition) is 1. The summed E-state index contributed by atoms with van der Waals surface area (Å²) in [5.74, 6) is 0.569. The average Bonchev–Trinajstić information content (AvgIpc) is 2.39. The highest BCUT2D eigenvalue weighted by molar-refractivity contribution is 6.33. The number of nitrogens with two attached hydrogens (primary N) is 1. The third kappa shape index (κ3) is 6.13. The summed E-state index contributed by atoms with van der Waals surface area (Å²) >= 11 is 12.5. The van der Waals surface area contributed by atoms with E-state index >= 15 is 0 Å². The fourth-order valence-corrected chi connectivity index (χ4v) is 2.84.